The zero-order valence-corrected chi connectivity index (χ0v) is 17.9. The maximum Gasteiger partial charge on any atom is 0.521 e. The second kappa shape index (κ2) is 8.95. The maximum absolute atomic E-state index is 13.1. The summed E-state index contributed by atoms with van der Waals surface area (Å²) < 4.78 is -0.795. The molecule has 0 bridgehead atoms. The molecule has 0 radical (unpaired) electrons. The number of likely N-dealkylation sites (tertiary alicyclic amines) is 1. The Bertz CT molecular complexity index is 755. The number of carboxylic acid groups (broad SMARTS) is 1. The Hall–Kier alpha value is -1.41. The van der Waals surface area contributed by atoms with Gasteiger partial charge in [0.25, 0.3) is 0 Å². The molecule has 2 rings (SSSR count). The highest BCUT2D eigenvalue weighted by molar-refractivity contribution is 8.13. The number of halogens is 1. The van der Waals surface area contributed by atoms with Crippen LogP contribution < -0.4 is 0 Å². The first-order valence-corrected chi connectivity index (χ1v) is 10.6. The second-order valence-corrected chi connectivity index (χ2v) is 9.39. The number of rotatable bonds is 6. The van der Waals surface area contributed by atoms with Crippen molar-refractivity contribution >= 4 is 40.5 Å². The minimum atomic E-state index is -1.25. The van der Waals surface area contributed by atoms with Crippen LogP contribution in [0.4, 0.5) is 4.79 Å². The molecule has 4 atom stereocenters. The lowest BCUT2D eigenvalue weighted by molar-refractivity contribution is -0.797. The van der Waals surface area contributed by atoms with Crippen LogP contribution in [0.25, 0.3) is 0 Å². The third-order valence-corrected chi connectivity index (χ3v) is 6.78. The minimum absolute atomic E-state index is 0.115. The average Bonchev–Trinajstić information content (AvgIpc) is 2.90. The van der Waals surface area contributed by atoms with Crippen LogP contribution in [-0.4, -0.2) is 55.8 Å². The SMILES string of the molecule is CC(=O)SCC(C)C(=O)[N@+]1(C(=O)O)CC(O)(CCc2ccc(Cl)cc2)CC1C. The van der Waals surface area contributed by atoms with Crippen molar-refractivity contribution in [3.05, 3.63) is 34.9 Å². The van der Waals surface area contributed by atoms with Crippen molar-refractivity contribution in [2.24, 2.45) is 5.92 Å². The van der Waals surface area contributed by atoms with Crippen molar-refractivity contribution in [1.29, 1.82) is 0 Å². The number of hydrogen-bond donors (Lipinski definition) is 2. The molecule has 154 valence electrons. The predicted molar refractivity (Wildman–Crippen MR) is 109 cm³/mol. The van der Waals surface area contributed by atoms with E-state index in [9.17, 15) is 24.6 Å². The van der Waals surface area contributed by atoms with Gasteiger partial charge in [-0.1, -0.05) is 35.5 Å². The molecule has 2 amide bonds. The molecule has 0 aliphatic carbocycles. The smallest absolute Gasteiger partial charge is 0.435 e. The minimum Gasteiger partial charge on any atom is -0.435 e. The number of benzene rings is 1. The van der Waals surface area contributed by atoms with E-state index >= 15 is 0 Å². The maximum atomic E-state index is 13.1. The van der Waals surface area contributed by atoms with E-state index in [2.05, 4.69) is 0 Å². The average molecular weight is 429 g/mol. The third kappa shape index (κ3) is 4.95. The monoisotopic (exact) mass is 428 g/mol. The van der Waals surface area contributed by atoms with Gasteiger partial charge >= 0.3 is 12.0 Å². The highest BCUT2D eigenvalue weighted by Gasteiger charge is 2.62. The van der Waals surface area contributed by atoms with E-state index in [1.807, 2.05) is 12.1 Å². The summed E-state index contributed by atoms with van der Waals surface area (Å²) in [4.78, 5) is 36.4. The van der Waals surface area contributed by atoms with Crippen LogP contribution >= 0.6 is 23.4 Å². The molecule has 1 fully saturated rings. The molecule has 28 heavy (non-hydrogen) atoms. The van der Waals surface area contributed by atoms with Crippen molar-refractivity contribution in [2.45, 2.75) is 51.7 Å². The Labute approximate surface area is 174 Å². The summed E-state index contributed by atoms with van der Waals surface area (Å²) in [6, 6.07) is 6.73. The van der Waals surface area contributed by atoms with Gasteiger partial charge in [0.15, 0.2) is 5.12 Å². The molecule has 6 nitrogen and oxygen atoms in total. The van der Waals surface area contributed by atoms with Crippen LogP contribution in [0.15, 0.2) is 24.3 Å². The Kier molecular flexibility index (Phi) is 7.31. The largest absolute Gasteiger partial charge is 0.521 e. The summed E-state index contributed by atoms with van der Waals surface area (Å²) in [5, 5.41) is 21.5. The zero-order chi connectivity index (χ0) is 21.1. The number of aryl methyl sites for hydroxylation is 1. The van der Waals surface area contributed by atoms with Crippen molar-refractivity contribution < 1.29 is 29.1 Å². The van der Waals surface area contributed by atoms with E-state index in [0.29, 0.717) is 17.9 Å². The van der Waals surface area contributed by atoms with Gasteiger partial charge in [-0.05, 0) is 44.4 Å². The number of hydrogen-bond acceptors (Lipinski definition) is 5. The molecule has 3 unspecified atom stereocenters. The molecule has 1 aliphatic rings. The van der Waals surface area contributed by atoms with Gasteiger partial charge in [-0.25, -0.2) is 4.79 Å². The van der Waals surface area contributed by atoms with E-state index < -0.39 is 34.0 Å². The van der Waals surface area contributed by atoms with Crippen LogP contribution in [0.1, 0.15) is 39.2 Å². The first kappa shape index (κ1) is 22.9. The Morgan fingerprint density at radius 1 is 1.32 bits per heavy atom. The van der Waals surface area contributed by atoms with Gasteiger partial charge in [-0.2, -0.15) is 9.28 Å². The molecule has 2 N–H and O–H groups in total. The Balaban J connectivity index is 2.17. The van der Waals surface area contributed by atoms with E-state index in [4.69, 9.17) is 11.6 Å². The zero-order valence-electron chi connectivity index (χ0n) is 16.4. The fourth-order valence-electron chi connectivity index (χ4n) is 3.95. The molecule has 1 heterocycles. The van der Waals surface area contributed by atoms with E-state index in [1.54, 1.807) is 26.0 Å². The van der Waals surface area contributed by atoms with Crippen molar-refractivity contribution in [3.8, 4) is 0 Å². The first-order chi connectivity index (χ1) is 13.0. The van der Waals surface area contributed by atoms with Gasteiger partial charge in [0.1, 0.15) is 18.2 Å². The molecular weight excluding hydrogens is 402 g/mol. The lowest BCUT2D eigenvalue weighted by Crippen LogP contribution is -2.61. The summed E-state index contributed by atoms with van der Waals surface area (Å²) in [5.74, 6) is -0.834. The highest BCUT2D eigenvalue weighted by Crippen LogP contribution is 2.39. The number of thioether (sulfide) groups is 1. The number of carbonyl (C=O) groups excluding carboxylic acids is 2. The number of imide groups is 1. The summed E-state index contributed by atoms with van der Waals surface area (Å²) in [6.45, 7) is 4.58. The van der Waals surface area contributed by atoms with Crippen LogP contribution in [0.5, 0.6) is 0 Å². The Morgan fingerprint density at radius 3 is 2.46 bits per heavy atom. The van der Waals surface area contributed by atoms with E-state index in [-0.39, 0.29) is 23.8 Å². The van der Waals surface area contributed by atoms with Crippen molar-refractivity contribution in [3.63, 3.8) is 0 Å². The van der Waals surface area contributed by atoms with Crippen LogP contribution in [0.2, 0.25) is 5.02 Å². The molecule has 8 heteroatoms. The molecule has 1 aromatic rings. The predicted octanol–water partition coefficient (Wildman–Crippen LogP) is 3.73. The van der Waals surface area contributed by atoms with E-state index in [1.165, 1.54) is 6.92 Å². The van der Waals surface area contributed by atoms with Crippen LogP contribution in [0, 0.1) is 5.92 Å². The highest BCUT2D eigenvalue weighted by atomic mass is 35.5. The topological polar surface area (TPSA) is 91.7 Å². The molecule has 1 aromatic carbocycles. The first-order valence-electron chi connectivity index (χ1n) is 9.26. The number of carbonyl (C=O) groups is 3. The molecule has 0 spiro atoms. The quantitative estimate of drug-likeness (QED) is 0.670. The van der Waals surface area contributed by atoms with Gasteiger partial charge in [0.2, 0.25) is 0 Å². The van der Waals surface area contributed by atoms with Crippen molar-refractivity contribution in [1.82, 2.24) is 0 Å². The lowest BCUT2D eigenvalue weighted by atomic mass is 9.92. The van der Waals surface area contributed by atoms with Gasteiger partial charge in [-0.15, -0.1) is 0 Å². The second-order valence-electron chi connectivity index (χ2n) is 7.76. The fraction of sp³-hybridized carbons (Fsp3) is 0.550. The third-order valence-electron chi connectivity index (χ3n) is 5.46. The van der Waals surface area contributed by atoms with Gasteiger partial charge < -0.3 is 10.2 Å². The van der Waals surface area contributed by atoms with E-state index in [0.717, 1.165) is 17.3 Å². The Morgan fingerprint density at radius 2 is 1.93 bits per heavy atom. The number of quaternary nitrogens is 1. The van der Waals surface area contributed by atoms with Crippen LogP contribution in [0.3, 0.4) is 0 Å². The molecule has 1 aliphatic heterocycles. The standard InChI is InChI=1S/C20H26ClNO5S/c1-13(11-28-15(3)23)18(24)22(19(25)26)12-20(27,10-14(22)2)9-8-16-4-6-17(21)7-5-16/h4-7,13-14,27H,8-12H2,1-3H3/p+1/t13?,14?,20?,22-/m0/s1. The number of amides is 2. The molecule has 0 aromatic heterocycles. The molecule has 0 saturated carbocycles. The lowest BCUT2D eigenvalue weighted by Gasteiger charge is -2.32. The molecule has 1 saturated heterocycles. The number of nitrogens with zero attached hydrogens (tertiary/aromatic N) is 1. The summed E-state index contributed by atoms with van der Waals surface area (Å²) in [5.41, 5.74) is -0.260. The normalized spacial score (nSPS) is 28.1. The van der Waals surface area contributed by atoms with Gasteiger partial charge in [-0.3, -0.25) is 4.79 Å². The fourth-order valence-corrected chi connectivity index (χ4v) is 4.71. The summed E-state index contributed by atoms with van der Waals surface area (Å²) >= 11 is 6.90. The summed E-state index contributed by atoms with van der Waals surface area (Å²) in [7, 11) is 0. The van der Waals surface area contributed by atoms with Crippen LogP contribution in [-0.2, 0) is 16.0 Å². The molecular formula is C20H27ClNO5S+. The van der Waals surface area contributed by atoms with Gasteiger partial charge in [0, 0.05) is 24.1 Å². The van der Waals surface area contributed by atoms with Crippen molar-refractivity contribution in [2.75, 3.05) is 12.3 Å². The van der Waals surface area contributed by atoms with Gasteiger partial charge in [0.05, 0.1) is 5.92 Å². The number of aliphatic hydroxyl groups is 1. The summed E-state index contributed by atoms with van der Waals surface area (Å²) in [6.07, 6.45) is -0.106.